The molecule has 0 spiro atoms. The molecule has 0 atom stereocenters. The highest BCUT2D eigenvalue weighted by atomic mass is 28.3. The van der Waals surface area contributed by atoms with Crippen LogP contribution >= 0.6 is 0 Å². The summed E-state index contributed by atoms with van der Waals surface area (Å²) in [6, 6.07) is 28.0. The van der Waals surface area contributed by atoms with E-state index in [4.69, 9.17) is 0 Å². The van der Waals surface area contributed by atoms with Gasteiger partial charge in [0.15, 0.2) is 0 Å². The lowest BCUT2D eigenvalue weighted by Gasteiger charge is -2.38. The molecule has 278 valence electrons. The Bertz CT molecular complexity index is 2150. The number of hydrogen-bond acceptors (Lipinski definition) is 0. The molecular weight excluding hydrogens is 681 g/mol. The minimum absolute atomic E-state index is 0.581. The van der Waals surface area contributed by atoms with Gasteiger partial charge in [-0.3, -0.25) is 0 Å². The highest BCUT2D eigenvalue weighted by Crippen LogP contribution is 2.45. The van der Waals surface area contributed by atoms with Gasteiger partial charge in [-0.05, 0) is 115 Å². The molecule has 4 aromatic rings. The van der Waals surface area contributed by atoms with Crippen LogP contribution in [0.5, 0.6) is 0 Å². The first-order valence-electron chi connectivity index (χ1n) is 21.1. The van der Waals surface area contributed by atoms with Gasteiger partial charge in [-0.2, -0.15) is 0 Å². The van der Waals surface area contributed by atoms with Crippen molar-refractivity contribution in [2.75, 3.05) is 0 Å². The first-order chi connectivity index (χ1) is 25.7. The van der Waals surface area contributed by atoms with Gasteiger partial charge in [0.1, 0.15) is 16.1 Å². The number of rotatable bonds is 6. The predicted octanol–water partition coefficient (Wildman–Crippen LogP) is 12.4. The molecule has 0 amide bonds. The van der Waals surface area contributed by atoms with Crippen LogP contribution in [0.3, 0.4) is 0 Å². The topological polar surface area (TPSA) is 0 Å². The third kappa shape index (κ3) is 5.95. The fourth-order valence-corrected chi connectivity index (χ4v) is 21.9. The van der Waals surface area contributed by atoms with Crippen molar-refractivity contribution in [3.63, 3.8) is 0 Å². The van der Waals surface area contributed by atoms with Gasteiger partial charge in [-0.25, -0.2) is 0 Å². The Morgan fingerprint density at radius 1 is 0.389 bits per heavy atom. The Morgan fingerprint density at radius 2 is 0.685 bits per heavy atom. The van der Waals surface area contributed by atoms with Gasteiger partial charge in [0, 0.05) is 21.6 Å². The van der Waals surface area contributed by atoms with Crippen molar-refractivity contribution >= 4 is 27.3 Å². The van der Waals surface area contributed by atoms with E-state index in [1.807, 2.05) is 0 Å². The monoisotopic (exact) mass is 742 g/mol. The smallest absolute Gasteiger partial charge is 0.125 e. The molecule has 0 saturated heterocycles. The first kappa shape index (κ1) is 38.4. The molecule has 6 aliphatic rings. The van der Waals surface area contributed by atoms with Gasteiger partial charge in [-0.1, -0.05) is 168 Å². The maximum atomic E-state index is 4.20. The van der Waals surface area contributed by atoms with Crippen LogP contribution < -0.4 is 10.4 Å². The molecule has 4 aromatic carbocycles. The van der Waals surface area contributed by atoms with Crippen molar-refractivity contribution in [1.82, 2.24) is 0 Å². The van der Waals surface area contributed by atoms with Crippen molar-refractivity contribution < 1.29 is 0 Å². The molecule has 0 unspecified atom stereocenters. The molecule has 0 nitrogen and oxygen atoms in total. The Balaban J connectivity index is 1.69. The molecule has 0 aromatic heterocycles. The van der Waals surface area contributed by atoms with E-state index in [0.717, 1.165) is 25.7 Å². The summed E-state index contributed by atoms with van der Waals surface area (Å²) in [7, 11) is -3.98. The number of fused-ring (bicyclic) bond motifs is 2. The number of hydrogen-bond donors (Lipinski definition) is 0. The second kappa shape index (κ2) is 14.7. The molecule has 0 N–H and O–H groups in total. The van der Waals surface area contributed by atoms with Crippen LogP contribution in [-0.2, 0) is 25.7 Å². The van der Waals surface area contributed by atoms with Crippen molar-refractivity contribution in [1.29, 1.82) is 0 Å². The summed E-state index contributed by atoms with van der Waals surface area (Å²) in [5, 5.41) is 2.84. The summed E-state index contributed by atoms with van der Waals surface area (Å²) in [6.07, 6.45) is 3.96. The highest BCUT2D eigenvalue weighted by Gasteiger charge is 2.43. The molecule has 10 rings (SSSR count). The van der Waals surface area contributed by atoms with Gasteiger partial charge in [0.2, 0.25) is 0 Å². The molecule has 0 radical (unpaired) electrons. The molecule has 0 heterocycles. The van der Waals surface area contributed by atoms with Gasteiger partial charge in [-0.15, -0.1) is 11.1 Å². The van der Waals surface area contributed by atoms with Crippen molar-refractivity contribution in [2.24, 2.45) is 0 Å². The lowest BCUT2D eigenvalue weighted by molar-refractivity contribution is 0.838. The molecular formula is C52H62Si2. The summed E-state index contributed by atoms with van der Waals surface area (Å²) < 4.78 is 0. The summed E-state index contributed by atoms with van der Waals surface area (Å²) in [5.74, 6) is 8.19. The van der Waals surface area contributed by atoms with Gasteiger partial charge in [0.05, 0.1) is 0 Å². The Labute approximate surface area is 329 Å². The molecule has 0 fully saturated rings. The molecule has 0 aliphatic heterocycles. The lowest BCUT2D eigenvalue weighted by Crippen LogP contribution is -2.43. The normalized spacial score (nSPS) is 14.6. The molecule has 54 heavy (non-hydrogen) atoms. The predicted molar refractivity (Wildman–Crippen MR) is 240 cm³/mol. The van der Waals surface area contributed by atoms with Crippen LogP contribution in [0.4, 0.5) is 0 Å². The van der Waals surface area contributed by atoms with Crippen LogP contribution in [0, 0.1) is 22.9 Å². The second-order valence-corrected chi connectivity index (χ2v) is 29.6. The van der Waals surface area contributed by atoms with E-state index in [2.05, 4.69) is 179 Å². The van der Waals surface area contributed by atoms with Crippen LogP contribution in [0.1, 0.15) is 116 Å². The Hall–Kier alpha value is -3.83. The van der Waals surface area contributed by atoms with E-state index in [9.17, 15) is 0 Å². The Morgan fingerprint density at radius 3 is 0.981 bits per heavy atom. The largest absolute Gasteiger partial charge is 0.146 e. The van der Waals surface area contributed by atoms with Crippen LogP contribution in [-0.4, -0.2) is 16.1 Å². The van der Waals surface area contributed by atoms with Crippen molar-refractivity contribution in [2.45, 2.75) is 142 Å². The van der Waals surface area contributed by atoms with E-state index < -0.39 is 16.1 Å². The van der Waals surface area contributed by atoms with Gasteiger partial charge < -0.3 is 0 Å². The average molecular weight is 743 g/mol. The summed E-state index contributed by atoms with van der Waals surface area (Å²) in [6.45, 7) is 29.2. The lowest BCUT2D eigenvalue weighted by atomic mass is 9.84. The van der Waals surface area contributed by atoms with E-state index in [-0.39, 0.29) is 0 Å². The van der Waals surface area contributed by atoms with Crippen LogP contribution in [0.25, 0.3) is 33.4 Å². The van der Waals surface area contributed by atoms with Crippen LogP contribution in [0.15, 0.2) is 72.8 Å². The summed E-state index contributed by atoms with van der Waals surface area (Å²) in [5.41, 5.74) is 28.5. The van der Waals surface area contributed by atoms with E-state index >= 15 is 0 Å². The minimum atomic E-state index is -1.99. The zero-order valence-corrected chi connectivity index (χ0v) is 37.2. The maximum absolute atomic E-state index is 4.20. The van der Waals surface area contributed by atoms with E-state index in [1.54, 1.807) is 0 Å². The summed E-state index contributed by atoms with van der Waals surface area (Å²) in [4.78, 5) is 0. The third-order valence-electron chi connectivity index (χ3n) is 14.0. The minimum Gasteiger partial charge on any atom is -0.125 e. The zero-order chi connectivity index (χ0) is 38.7. The summed E-state index contributed by atoms with van der Waals surface area (Å²) >= 11 is 0. The third-order valence-corrected chi connectivity index (χ3v) is 26.6. The fourth-order valence-electron chi connectivity index (χ4n) is 11.5. The van der Waals surface area contributed by atoms with E-state index in [0.29, 0.717) is 33.2 Å². The second-order valence-electron chi connectivity index (χ2n) is 18.4. The standard InChI is InChI=1S/C52H62Si2/c1-33(2)53(34(3)4,35(5)6)31-29-45-41-17-13-15-19-43(41)49-48-28-26-40-23-21-39(22-24-40)25-27-47(51(45)49)50-44-20-16-14-18-42(44)46(52(48)50)30-32-54(36(7)8,37(9)10)38(11)12/h13-24,33-38H,25-28H2,1-12H3. The number of benzene rings is 4. The number of aryl methyl sites for hydroxylation is 2. The van der Waals surface area contributed by atoms with Gasteiger partial charge in [0.25, 0.3) is 0 Å². The molecule has 0 saturated carbocycles. The fraction of sp³-hybridized carbons (Fsp3) is 0.423. The van der Waals surface area contributed by atoms with Gasteiger partial charge >= 0.3 is 0 Å². The van der Waals surface area contributed by atoms with Crippen LogP contribution in [0.2, 0.25) is 33.2 Å². The van der Waals surface area contributed by atoms with Crippen molar-refractivity contribution in [3.8, 4) is 45.2 Å². The average Bonchev–Trinajstić information content (AvgIpc) is 3.62. The SMILES string of the molecule is CC(C)[Si](C#CC1=c2c3c4c(c(c2-c2ccccc21)CCc1ccc(cc1)CC3)=C(C#C[Si](C(C)C)(C(C)C)C(C)C)c1ccccc1-4)(C(C)C)C(C)C. The van der Waals surface area contributed by atoms with Crippen molar-refractivity contribution in [3.05, 3.63) is 117 Å². The molecule has 2 heteroatoms. The quantitative estimate of drug-likeness (QED) is 0.136. The molecule has 4 bridgehead atoms. The Kier molecular flexibility index (Phi) is 10.5. The molecule has 6 aliphatic carbocycles. The first-order valence-corrected chi connectivity index (χ1v) is 25.5. The maximum Gasteiger partial charge on any atom is 0.146 e. The highest BCUT2D eigenvalue weighted by molar-refractivity contribution is 6.91. The van der Waals surface area contributed by atoms with E-state index in [1.165, 1.54) is 77.2 Å². The zero-order valence-electron chi connectivity index (χ0n) is 35.2.